The van der Waals surface area contributed by atoms with Crippen molar-refractivity contribution in [1.82, 2.24) is 21.0 Å². The van der Waals surface area contributed by atoms with Crippen molar-refractivity contribution >= 4 is 53.7 Å². The second kappa shape index (κ2) is 46.2. The summed E-state index contributed by atoms with van der Waals surface area (Å²) in [5.41, 5.74) is 3.12. The van der Waals surface area contributed by atoms with E-state index < -0.39 is 75.0 Å². The molecule has 27 nitrogen and oxygen atoms in total. The van der Waals surface area contributed by atoms with E-state index in [1.54, 1.807) is 86.6 Å². The van der Waals surface area contributed by atoms with Crippen LogP contribution in [0.25, 0.3) is 0 Å². The van der Waals surface area contributed by atoms with E-state index in [1.807, 2.05) is 91.0 Å². The van der Waals surface area contributed by atoms with E-state index in [4.69, 9.17) is 58.5 Å². The number of ether oxygens (including phenoxy) is 3. The number of benzene rings is 6. The van der Waals surface area contributed by atoms with E-state index in [9.17, 15) is 63.0 Å². The van der Waals surface area contributed by atoms with Crippen molar-refractivity contribution in [2.45, 2.75) is 86.9 Å². The molecule has 5 aromatic heterocycles. The predicted octanol–water partition coefficient (Wildman–Crippen LogP) is 11.4. The standard InChI is InChI=1S/C21H18NO4.C18H15NO7.C14H12NO4.C14H12NO3S.C14H12O5.3Y/c1-15-12-18(23)19(25-14-17-10-6-3-7-11-17)20(26-15)21(24)22-13-16-8-4-2-5-9-16;1-11-9-13(20)16(24-10-12-5-3-2-4-6-12)17(25-11)18(23)26-19-14(21)7-8-15(19)22;1-9-7-11(16)12(17)13(19-9)14(18)15-8-10-5-3-2-4-6-10;1-9-7-11(19)12(16)13(18-9)14(17)15-8-10-5-3-2-4-6-10;1-9-7-11(15)12(13(19-9)14(16)17)18-8-10-5-3-2-4-6-10;;;/h3-12H,13-14H2,1H3,(H,22,24);2-6,9H,7-8,10H2,1H3;3-7,17H,8H2,1H3,(H,15,18);3-7,16H,8H2,1H3,(H,15,17);2-7H,8H2,1H3,(H,16,17);;;/q-1;;2*-1;;;;. The minimum Gasteiger partial charge on any atom is -0.503 e. The van der Waals surface area contributed by atoms with Crippen molar-refractivity contribution in [2.24, 2.45) is 0 Å². The SMILES string of the molecule is Cc1cc(=O)c(O)c(C(=O)NCc2cc[c-]cc2)o1.Cc1cc(=O)c(OCc2ccccc2)c(C(=O)NCc2cc[c-]cc2)o1.Cc1cc(=O)c(OCc2ccccc2)c(C(=O)O)o1.Cc1cc(=O)c(OCc2ccccc2)c(C(=O)ON2C(=O)CCC2=O)o1.Cc1cc(=S)c(O)c(C(=O)NCc2cc[c-]cc2)o1.[Y].[Y].[Y]. The Labute approximate surface area is 720 Å². The number of imide groups is 1. The van der Waals surface area contributed by atoms with Gasteiger partial charge in [0, 0.05) is 155 Å². The molecule has 1 saturated heterocycles. The second-order valence-electron chi connectivity index (χ2n) is 23.3. The number of hydrogen-bond acceptors (Lipinski definition) is 23. The van der Waals surface area contributed by atoms with Gasteiger partial charge in [-0.25, -0.2) is 9.59 Å². The van der Waals surface area contributed by atoms with Crippen molar-refractivity contribution < 1.29 is 188 Å². The molecule has 6 heterocycles. The third-order valence-electron chi connectivity index (χ3n) is 14.8. The zero-order valence-electron chi connectivity index (χ0n) is 60.7. The van der Waals surface area contributed by atoms with E-state index in [0.717, 1.165) is 39.4 Å². The molecule has 1 aliphatic rings. The smallest absolute Gasteiger partial charge is 0.403 e. The van der Waals surface area contributed by atoms with Gasteiger partial charge >= 0.3 is 11.9 Å². The number of amides is 5. The van der Waals surface area contributed by atoms with Gasteiger partial charge in [0.25, 0.3) is 41.1 Å². The van der Waals surface area contributed by atoms with Crippen LogP contribution in [0.1, 0.15) is 128 Å². The Kier molecular flexibility index (Phi) is 37.9. The van der Waals surface area contributed by atoms with Crippen molar-refractivity contribution in [2.75, 3.05) is 0 Å². The minimum atomic E-state index is -1.33. The molecule has 0 aliphatic carbocycles. The number of rotatable bonds is 21. The fourth-order valence-electron chi connectivity index (χ4n) is 9.52. The van der Waals surface area contributed by atoms with Crippen molar-refractivity contribution in [3.05, 3.63) is 349 Å². The van der Waals surface area contributed by atoms with Gasteiger partial charge in [-0.1, -0.05) is 103 Å². The zero-order valence-corrected chi connectivity index (χ0v) is 70.1. The van der Waals surface area contributed by atoms with Crippen LogP contribution in [0.15, 0.2) is 235 Å². The van der Waals surface area contributed by atoms with Crippen LogP contribution in [0, 0.1) is 57.3 Å². The third kappa shape index (κ3) is 28.2. The van der Waals surface area contributed by atoms with Gasteiger partial charge in [-0.3, -0.25) is 43.2 Å². The van der Waals surface area contributed by atoms with Gasteiger partial charge in [0.1, 0.15) is 48.6 Å². The maximum atomic E-state index is 12.5. The molecule has 0 spiro atoms. The number of carboxylic acids is 1. The Morgan fingerprint density at radius 2 is 0.696 bits per heavy atom. The van der Waals surface area contributed by atoms with Crippen molar-refractivity contribution in [3.8, 4) is 28.7 Å². The first kappa shape index (κ1) is 91.9. The summed E-state index contributed by atoms with van der Waals surface area (Å²) in [7, 11) is 0. The minimum absolute atomic E-state index is 0. The molecular weight excluding hydrogens is 1700 g/mol. The van der Waals surface area contributed by atoms with E-state index in [0.29, 0.717) is 29.7 Å². The molecule has 112 heavy (non-hydrogen) atoms. The Hall–Kier alpha value is -10.7. The Balaban J connectivity index is 0.000000251. The number of nitrogens with one attached hydrogen (secondary N) is 3. The number of carboxylic acid groups (broad SMARTS) is 1. The van der Waals surface area contributed by atoms with Crippen LogP contribution in [0.3, 0.4) is 0 Å². The number of aromatic carboxylic acids is 1. The number of aromatic hydroxyl groups is 2. The predicted molar refractivity (Wildman–Crippen MR) is 392 cm³/mol. The average Bonchev–Trinajstić information content (AvgIpc) is 1.17. The molecule has 1 aliphatic heterocycles. The summed E-state index contributed by atoms with van der Waals surface area (Å²) in [6, 6.07) is 64.0. The summed E-state index contributed by atoms with van der Waals surface area (Å²) in [4.78, 5) is 135. The van der Waals surface area contributed by atoms with Gasteiger partial charge in [-0.15, -0.1) is 21.8 Å². The maximum Gasteiger partial charge on any atom is 0.403 e. The summed E-state index contributed by atoms with van der Waals surface area (Å²) in [5, 5.41) is 36.6. The second-order valence-corrected chi connectivity index (χ2v) is 23.7. The van der Waals surface area contributed by atoms with Crippen LogP contribution < -0.4 is 51.9 Å². The quantitative estimate of drug-likeness (QED) is 0.0221. The van der Waals surface area contributed by atoms with E-state index in [1.165, 1.54) is 45.0 Å². The first-order chi connectivity index (χ1) is 52.3. The van der Waals surface area contributed by atoms with Gasteiger partial charge in [0.2, 0.25) is 62.0 Å². The van der Waals surface area contributed by atoms with Gasteiger partial charge < -0.3 is 72.4 Å². The summed E-state index contributed by atoms with van der Waals surface area (Å²) in [5.74, 6) is -7.21. The van der Waals surface area contributed by atoms with Gasteiger partial charge in [0.15, 0.2) is 5.75 Å². The fraction of sp³-hybridized carbons (Fsp3) is 0.160. The van der Waals surface area contributed by atoms with Gasteiger partial charge in [0.05, 0.1) is 4.51 Å². The summed E-state index contributed by atoms with van der Waals surface area (Å²) in [6.07, 6.45) is -0.0809. The number of carbonyl (C=O) groups is 7. The first-order valence-corrected chi connectivity index (χ1v) is 33.4. The molecule has 1 fully saturated rings. The van der Waals surface area contributed by atoms with E-state index in [-0.39, 0.29) is 205 Å². The van der Waals surface area contributed by atoms with Crippen LogP contribution in [0.2, 0.25) is 0 Å². The monoisotopic (exact) mass is 1760 g/mol. The molecule has 31 heteroatoms. The number of carbonyl (C=O) groups excluding carboxylic acids is 6. The molecule has 6 aromatic carbocycles. The normalized spacial score (nSPS) is 10.8. The molecular formula is C81H69N4O23SY3-3. The molecule has 6 N–H and O–H groups in total. The molecule has 12 rings (SSSR count). The average molecular weight is 1770 g/mol. The van der Waals surface area contributed by atoms with E-state index >= 15 is 0 Å². The molecule has 0 atom stereocenters. The molecule has 569 valence electrons. The summed E-state index contributed by atoms with van der Waals surface area (Å²) in [6.45, 7) is 9.02. The number of hydrogen-bond donors (Lipinski definition) is 6. The molecule has 0 bridgehead atoms. The van der Waals surface area contributed by atoms with Crippen LogP contribution in [-0.2, 0) is 152 Å². The third-order valence-corrected chi connectivity index (χ3v) is 15.1. The summed E-state index contributed by atoms with van der Waals surface area (Å²) < 4.78 is 42.6. The van der Waals surface area contributed by atoms with Crippen molar-refractivity contribution in [3.63, 3.8) is 0 Å². The van der Waals surface area contributed by atoms with Gasteiger partial charge in [-0.05, 0) is 57.4 Å². The largest absolute Gasteiger partial charge is 0.503 e. The van der Waals surface area contributed by atoms with Crippen LogP contribution >= 0.6 is 12.2 Å². The number of hydroxylamine groups is 2. The zero-order chi connectivity index (χ0) is 78.5. The molecule has 11 aromatic rings. The Morgan fingerprint density at radius 3 is 1.06 bits per heavy atom. The molecule has 5 amide bonds. The fourth-order valence-corrected chi connectivity index (χ4v) is 9.78. The van der Waals surface area contributed by atoms with Crippen LogP contribution in [0.5, 0.6) is 28.7 Å². The summed E-state index contributed by atoms with van der Waals surface area (Å²) >= 11 is 4.93. The van der Waals surface area contributed by atoms with Crippen molar-refractivity contribution in [1.29, 1.82) is 0 Å². The van der Waals surface area contributed by atoms with Crippen LogP contribution in [0.4, 0.5) is 0 Å². The Morgan fingerprint density at radius 1 is 0.402 bits per heavy atom. The topological polar surface area (TPSA) is 390 Å². The number of aryl methyl sites for hydroxylation is 5. The molecule has 0 saturated carbocycles. The first-order valence-electron chi connectivity index (χ1n) is 32.9. The Bertz CT molecular complexity index is 5210. The molecule has 3 radical (unpaired) electrons. The molecule has 0 unspecified atom stereocenters. The van der Waals surface area contributed by atoms with Crippen LogP contribution in [-0.4, -0.2) is 61.9 Å². The van der Waals surface area contributed by atoms with E-state index in [2.05, 4.69) is 34.1 Å². The maximum absolute atomic E-state index is 12.5. The van der Waals surface area contributed by atoms with Gasteiger partial charge in [-0.2, -0.15) is 91.0 Å². The number of nitrogens with zero attached hydrogens (tertiary/aromatic N) is 1.